The van der Waals surface area contributed by atoms with E-state index in [4.69, 9.17) is 4.74 Å². The first-order chi connectivity index (χ1) is 11.6. The summed E-state index contributed by atoms with van der Waals surface area (Å²) in [4.78, 5) is 12.0. The van der Waals surface area contributed by atoms with Gasteiger partial charge >= 0.3 is 0 Å². The molecule has 0 radical (unpaired) electrons. The zero-order valence-corrected chi connectivity index (χ0v) is 13.4. The lowest BCUT2D eigenvalue weighted by Gasteiger charge is -2.10. The molecule has 3 rings (SSSR count). The lowest BCUT2D eigenvalue weighted by molar-refractivity contribution is -0.118. The van der Waals surface area contributed by atoms with Crippen LogP contribution in [-0.2, 0) is 4.79 Å². The van der Waals surface area contributed by atoms with Gasteiger partial charge in [0.05, 0.1) is 5.69 Å². The molecular weight excluding hydrogens is 306 g/mol. The molecule has 7 nitrogen and oxygen atoms in total. The number of aromatic nitrogens is 4. The standard InChI is InChI=1S/C17H17N5O2/c1-12-3-4-13(2)16(9-12)24-10-17(23)19-14-5-7-15(8-6-14)22-11-18-20-21-22/h3-9,11H,10H2,1-2H3,(H,19,23). The summed E-state index contributed by atoms with van der Waals surface area (Å²) < 4.78 is 7.13. The van der Waals surface area contributed by atoms with Gasteiger partial charge in [0, 0.05) is 5.69 Å². The van der Waals surface area contributed by atoms with Crippen LogP contribution in [0.5, 0.6) is 5.75 Å². The number of nitrogens with zero attached hydrogens (tertiary/aromatic N) is 4. The van der Waals surface area contributed by atoms with Gasteiger partial charge in [-0.3, -0.25) is 4.79 Å². The predicted molar refractivity (Wildman–Crippen MR) is 89.2 cm³/mol. The Morgan fingerprint density at radius 1 is 1.17 bits per heavy atom. The van der Waals surface area contributed by atoms with Crippen molar-refractivity contribution < 1.29 is 9.53 Å². The molecule has 0 aliphatic carbocycles. The van der Waals surface area contributed by atoms with Crippen molar-refractivity contribution in [2.45, 2.75) is 13.8 Å². The van der Waals surface area contributed by atoms with Crippen LogP contribution in [0.15, 0.2) is 48.8 Å². The minimum atomic E-state index is -0.217. The third-order valence-corrected chi connectivity index (χ3v) is 3.47. The molecule has 0 saturated carbocycles. The Bertz CT molecular complexity index is 829. The van der Waals surface area contributed by atoms with Crippen molar-refractivity contribution in [3.63, 3.8) is 0 Å². The van der Waals surface area contributed by atoms with Gasteiger partial charge in [0.15, 0.2) is 6.61 Å². The summed E-state index contributed by atoms with van der Waals surface area (Å²) >= 11 is 0. The molecular formula is C17H17N5O2. The Balaban J connectivity index is 1.58. The smallest absolute Gasteiger partial charge is 0.262 e. The summed E-state index contributed by atoms with van der Waals surface area (Å²) in [5, 5.41) is 13.8. The van der Waals surface area contributed by atoms with E-state index >= 15 is 0 Å². The maximum Gasteiger partial charge on any atom is 0.262 e. The van der Waals surface area contributed by atoms with Crippen LogP contribution >= 0.6 is 0 Å². The highest BCUT2D eigenvalue weighted by atomic mass is 16.5. The van der Waals surface area contributed by atoms with Crippen molar-refractivity contribution in [3.05, 3.63) is 59.9 Å². The van der Waals surface area contributed by atoms with Gasteiger partial charge in [0.25, 0.3) is 5.91 Å². The number of nitrogens with one attached hydrogen (secondary N) is 1. The Morgan fingerprint density at radius 2 is 1.96 bits per heavy atom. The van der Waals surface area contributed by atoms with E-state index in [1.165, 1.54) is 11.0 Å². The summed E-state index contributed by atoms with van der Waals surface area (Å²) in [6, 6.07) is 13.1. The molecule has 0 unspecified atom stereocenters. The third-order valence-electron chi connectivity index (χ3n) is 3.47. The molecule has 3 aromatic rings. The van der Waals surface area contributed by atoms with Crippen molar-refractivity contribution in [2.75, 3.05) is 11.9 Å². The maximum atomic E-state index is 12.0. The number of tetrazole rings is 1. The van der Waals surface area contributed by atoms with Crippen molar-refractivity contribution in [3.8, 4) is 11.4 Å². The van der Waals surface area contributed by atoms with Crippen LogP contribution in [0, 0.1) is 13.8 Å². The number of amides is 1. The zero-order valence-electron chi connectivity index (χ0n) is 13.4. The number of hydrogen-bond donors (Lipinski definition) is 1. The molecule has 1 aromatic heterocycles. The maximum absolute atomic E-state index is 12.0. The second kappa shape index (κ2) is 6.91. The number of hydrogen-bond acceptors (Lipinski definition) is 5. The van der Waals surface area contributed by atoms with E-state index in [1.54, 1.807) is 12.1 Å². The number of carbonyl (C=O) groups is 1. The molecule has 0 aliphatic rings. The Hall–Kier alpha value is -3.22. The van der Waals surface area contributed by atoms with Gasteiger partial charge in [-0.2, -0.15) is 0 Å². The van der Waals surface area contributed by atoms with Gasteiger partial charge < -0.3 is 10.1 Å². The van der Waals surface area contributed by atoms with Crippen LogP contribution in [0.4, 0.5) is 5.69 Å². The average molecular weight is 323 g/mol. The summed E-state index contributed by atoms with van der Waals surface area (Å²) in [5.41, 5.74) is 3.58. The lowest BCUT2D eigenvalue weighted by Crippen LogP contribution is -2.20. The van der Waals surface area contributed by atoms with E-state index in [0.29, 0.717) is 5.69 Å². The number of rotatable bonds is 5. The van der Waals surface area contributed by atoms with Crippen molar-refractivity contribution in [2.24, 2.45) is 0 Å². The number of aryl methyl sites for hydroxylation is 2. The summed E-state index contributed by atoms with van der Waals surface area (Å²) in [6.07, 6.45) is 1.51. The average Bonchev–Trinajstić information content (AvgIpc) is 3.11. The van der Waals surface area contributed by atoms with Crippen LogP contribution in [0.1, 0.15) is 11.1 Å². The molecule has 2 aromatic carbocycles. The number of ether oxygens (including phenoxy) is 1. The molecule has 122 valence electrons. The highest BCUT2D eigenvalue weighted by Gasteiger charge is 2.06. The van der Waals surface area contributed by atoms with Gasteiger partial charge in [0.2, 0.25) is 0 Å². The molecule has 1 heterocycles. The van der Waals surface area contributed by atoms with Crippen molar-refractivity contribution in [1.82, 2.24) is 20.2 Å². The summed E-state index contributed by atoms with van der Waals surface area (Å²) in [5.74, 6) is 0.505. The molecule has 7 heteroatoms. The monoisotopic (exact) mass is 323 g/mol. The summed E-state index contributed by atoms with van der Waals surface area (Å²) in [7, 11) is 0. The fourth-order valence-corrected chi connectivity index (χ4v) is 2.18. The molecule has 1 N–H and O–H groups in total. The molecule has 1 amide bonds. The molecule has 0 bridgehead atoms. The van der Waals surface area contributed by atoms with Gasteiger partial charge in [-0.15, -0.1) is 5.10 Å². The fourth-order valence-electron chi connectivity index (χ4n) is 2.18. The van der Waals surface area contributed by atoms with Crippen LogP contribution < -0.4 is 10.1 Å². The normalized spacial score (nSPS) is 10.4. The Labute approximate surface area is 139 Å². The Kier molecular flexibility index (Phi) is 4.51. The van der Waals surface area contributed by atoms with Crippen molar-refractivity contribution in [1.29, 1.82) is 0 Å². The predicted octanol–water partition coefficient (Wildman–Crippen LogP) is 2.30. The second-order valence-electron chi connectivity index (χ2n) is 5.41. The highest BCUT2D eigenvalue weighted by molar-refractivity contribution is 5.91. The second-order valence-corrected chi connectivity index (χ2v) is 5.41. The van der Waals surface area contributed by atoms with Crippen LogP contribution in [0.2, 0.25) is 0 Å². The first-order valence-electron chi connectivity index (χ1n) is 7.45. The molecule has 24 heavy (non-hydrogen) atoms. The number of anilines is 1. The van der Waals surface area contributed by atoms with Crippen molar-refractivity contribution >= 4 is 11.6 Å². The van der Waals surface area contributed by atoms with E-state index in [1.807, 2.05) is 44.2 Å². The van der Waals surface area contributed by atoms with Crippen LogP contribution in [0.25, 0.3) is 5.69 Å². The number of carbonyl (C=O) groups excluding carboxylic acids is 1. The first-order valence-corrected chi connectivity index (χ1v) is 7.45. The minimum Gasteiger partial charge on any atom is -0.483 e. The SMILES string of the molecule is Cc1ccc(C)c(OCC(=O)Nc2ccc(-n3cnnn3)cc2)c1. The van der Waals surface area contributed by atoms with Gasteiger partial charge in [0.1, 0.15) is 12.1 Å². The Morgan fingerprint density at radius 3 is 2.67 bits per heavy atom. The third kappa shape index (κ3) is 3.75. The van der Waals surface area contributed by atoms with Gasteiger partial charge in [-0.05, 0) is 65.7 Å². The van der Waals surface area contributed by atoms with Crippen LogP contribution in [-0.4, -0.2) is 32.7 Å². The quantitative estimate of drug-likeness (QED) is 0.779. The summed E-state index contributed by atoms with van der Waals surface area (Å²) in [6.45, 7) is 3.89. The van der Waals surface area contributed by atoms with Gasteiger partial charge in [-0.25, -0.2) is 4.68 Å². The van der Waals surface area contributed by atoms with E-state index < -0.39 is 0 Å². The number of benzene rings is 2. The molecule has 0 aliphatic heterocycles. The van der Waals surface area contributed by atoms with Gasteiger partial charge in [-0.1, -0.05) is 12.1 Å². The first kappa shape index (κ1) is 15.7. The van der Waals surface area contributed by atoms with E-state index in [-0.39, 0.29) is 12.5 Å². The molecule has 0 saturated heterocycles. The zero-order chi connectivity index (χ0) is 16.9. The molecule has 0 spiro atoms. The van der Waals surface area contributed by atoms with E-state index in [2.05, 4.69) is 20.8 Å². The lowest BCUT2D eigenvalue weighted by atomic mass is 10.1. The molecule has 0 atom stereocenters. The largest absolute Gasteiger partial charge is 0.483 e. The van der Waals surface area contributed by atoms with E-state index in [0.717, 1.165) is 22.6 Å². The molecule has 0 fully saturated rings. The van der Waals surface area contributed by atoms with Crippen LogP contribution in [0.3, 0.4) is 0 Å². The minimum absolute atomic E-state index is 0.0426. The topological polar surface area (TPSA) is 81.9 Å². The fraction of sp³-hybridized carbons (Fsp3) is 0.176. The van der Waals surface area contributed by atoms with E-state index in [9.17, 15) is 4.79 Å². The highest BCUT2D eigenvalue weighted by Crippen LogP contribution is 2.19.